The van der Waals surface area contributed by atoms with Crippen LogP contribution in [0.5, 0.6) is 0 Å². The van der Waals surface area contributed by atoms with Gasteiger partial charge in [0.2, 0.25) is 0 Å². The van der Waals surface area contributed by atoms with Crippen LogP contribution in [0, 0.1) is 5.92 Å². The highest BCUT2D eigenvalue weighted by atomic mass is 16.4. The first-order valence-electron chi connectivity index (χ1n) is 9.85. The Bertz CT molecular complexity index is 553. The maximum absolute atomic E-state index is 11.6. The van der Waals surface area contributed by atoms with Crippen LogP contribution in [-0.4, -0.2) is 50.7 Å². The Hall–Kier alpha value is -1.40. The molecule has 0 bridgehead atoms. The standard InChI is InChI=1S/C19H32N4O2/c20-16-8-10-23(12-16)18(19(24)25)11-17-13-22(14-21-17)9-4-7-15-5-2-1-3-6-15/h13-16,18H,1-12,20H2,(H,24,25)/t16-,18-/m0/s1. The summed E-state index contributed by atoms with van der Waals surface area (Å²) in [5, 5.41) is 9.56. The molecule has 0 radical (unpaired) electrons. The second-order valence-corrected chi connectivity index (χ2v) is 7.85. The number of rotatable bonds is 8. The number of imidazole rings is 1. The van der Waals surface area contributed by atoms with Crippen LogP contribution in [0.2, 0.25) is 0 Å². The van der Waals surface area contributed by atoms with Gasteiger partial charge in [-0.3, -0.25) is 9.69 Å². The van der Waals surface area contributed by atoms with Gasteiger partial charge in [-0.1, -0.05) is 32.1 Å². The molecule has 2 fully saturated rings. The lowest BCUT2D eigenvalue weighted by molar-refractivity contribution is -0.142. The number of aryl methyl sites for hydroxylation is 1. The molecule has 1 saturated carbocycles. The molecule has 0 spiro atoms. The summed E-state index contributed by atoms with van der Waals surface area (Å²) >= 11 is 0. The lowest BCUT2D eigenvalue weighted by Gasteiger charge is -2.23. The number of aromatic nitrogens is 2. The molecule has 6 heteroatoms. The van der Waals surface area contributed by atoms with E-state index in [4.69, 9.17) is 5.73 Å². The van der Waals surface area contributed by atoms with E-state index < -0.39 is 12.0 Å². The van der Waals surface area contributed by atoms with Gasteiger partial charge in [-0.25, -0.2) is 4.98 Å². The third kappa shape index (κ3) is 5.28. The first kappa shape index (κ1) is 18.4. The van der Waals surface area contributed by atoms with Crippen LogP contribution in [0.15, 0.2) is 12.5 Å². The third-order valence-electron chi connectivity index (χ3n) is 5.82. The topological polar surface area (TPSA) is 84.4 Å². The number of nitrogens with zero attached hydrogens (tertiary/aromatic N) is 3. The minimum atomic E-state index is -0.777. The number of carboxylic acid groups (broad SMARTS) is 1. The van der Waals surface area contributed by atoms with Gasteiger partial charge in [0.25, 0.3) is 0 Å². The van der Waals surface area contributed by atoms with Gasteiger partial charge in [0.05, 0.1) is 12.0 Å². The van der Waals surface area contributed by atoms with Gasteiger partial charge in [0.15, 0.2) is 0 Å². The molecule has 3 rings (SSSR count). The van der Waals surface area contributed by atoms with E-state index >= 15 is 0 Å². The lowest BCUT2D eigenvalue weighted by atomic mass is 9.86. The quantitative estimate of drug-likeness (QED) is 0.753. The Morgan fingerprint density at radius 1 is 1.32 bits per heavy atom. The molecule has 2 atom stereocenters. The van der Waals surface area contributed by atoms with Crippen molar-refractivity contribution >= 4 is 5.97 Å². The molecule has 2 aliphatic rings. The predicted molar refractivity (Wildman–Crippen MR) is 97.3 cm³/mol. The summed E-state index contributed by atoms with van der Waals surface area (Å²) in [6.45, 7) is 2.41. The Kier molecular flexibility index (Phi) is 6.48. The first-order valence-corrected chi connectivity index (χ1v) is 9.85. The average molecular weight is 348 g/mol. The van der Waals surface area contributed by atoms with Crippen LogP contribution in [-0.2, 0) is 17.8 Å². The Labute approximate surface area is 150 Å². The van der Waals surface area contributed by atoms with Gasteiger partial charge >= 0.3 is 5.97 Å². The van der Waals surface area contributed by atoms with E-state index in [9.17, 15) is 9.90 Å². The van der Waals surface area contributed by atoms with Gasteiger partial charge in [-0.2, -0.15) is 0 Å². The average Bonchev–Trinajstić information content (AvgIpc) is 3.22. The molecule has 0 aromatic carbocycles. The zero-order chi connectivity index (χ0) is 17.6. The summed E-state index contributed by atoms with van der Waals surface area (Å²) in [5.41, 5.74) is 6.79. The van der Waals surface area contributed by atoms with Crippen LogP contribution < -0.4 is 5.73 Å². The molecule has 25 heavy (non-hydrogen) atoms. The Balaban J connectivity index is 1.47. The number of nitrogens with two attached hydrogens (primary N) is 1. The fraction of sp³-hybridized carbons (Fsp3) is 0.789. The van der Waals surface area contributed by atoms with Crippen LogP contribution in [0.4, 0.5) is 0 Å². The molecular weight excluding hydrogens is 316 g/mol. The summed E-state index contributed by atoms with van der Waals surface area (Å²) in [5.74, 6) is 0.133. The number of hydrogen-bond acceptors (Lipinski definition) is 4. The van der Waals surface area contributed by atoms with E-state index in [1.165, 1.54) is 44.9 Å². The molecule has 0 amide bonds. The van der Waals surface area contributed by atoms with Crippen LogP contribution in [0.3, 0.4) is 0 Å². The van der Waals surface area contributed by atoms with Crippen molar-refractivity contribution in [2.45, 2.75) is 76.4 Å². The van der Waals surface area contributed by atoms with Crippen molar-refractivity contribution in [1.29, 1.82) is 0 Å². The lowest BCUT2D eigenvalue weighted by Crippen LogP contribution is -2.42. The number of likely N-dealkylation sites (tertiary alicyclic amines) is 1. The van der Waals surface area contributed by atoms with Crippen LogP contribution in [0.1, 0.15) is 57.1 Å². The number of carboxylic acids is 1. The largest absolute Gasteiger partial charge is 0.480 e. The SMILES string of the molecule is N[C@H]1CCN([C@@H](Cc2cn(CCCC3CCCCC3)cn2)C(=O)O)C1. The predicted octanol–water partition coefficient (Wildman–Crippen LogP) is 2.27. The first-order chi connectivity index (χ1) is 12.1. The minimum absolute atomic E-state index is 0.0965. The fourth-order valence-electron chi connectivity index (χ4n) is 4.34. The number of aliphatic carboxylic acids is 1. The summed E-state index contributed by atoms with van der Waals surface area (Å²) < 4.78 is 2.12. The molecule has 1 aliphatic heterocycles. The van der Waals surface area contributed by atoms with Crippen molar-refractivity contribution in [3.63, 3.8) is 0 Å². The van der Waals surface area contributed by atoms with E-state index in [0.29, 0.717) is 13.0 Å². The van der Waals surface area contributed by atoms with Crippen molar-refractivity contribution in [1.82, 2.24) is 14.5 Å². The Morgan fingerprint density at radius 2 is 2.12 bits per heavy atom. The van der Waals surface area contributed by atoms with Crippen LogP contribution in [0.25, 0.3) is 0 Å². The van der Waals surface area contributed by atoms with Gasteiger partial charge in [0, 0.05) is 38.3 Å². The zero-order valence-electron chi connectivity index (χ0n) is 15.1. The fourth-order valence-corrected chi connectivity index (χ4v) is 4.34. The van der Waals surface area contributed by atoms with E-state index in [0.717, 1.165) is 31.1 Å². The van der Waals surface area contributed by atoms with E-state index in [2.05, 4.69) is 9.55 Å². The summed E-state index contributed by atoms with van der Waals surface area (Å²) in [4.78, 5) is 18.1. The molecule has 1 saturated heterocycles. The number of carbonyl (C=O) groups is 1. The molecule has 3 N–H and O–H groups in total. The van der Waals surface area contributed by atoms with Gasteiger partial charge < -0.3 is 15.4 Å². The monoisotopic (exact) mass is 348 g/mol. The Morgan fingerprint density at radius 3 is 2.80 bits per heavy atom. The zero-order valence-corrected chi connectivity index (χ0v) is 15.1. The van der Waals surface area contributed by atoms with E-state index in [1.54, 1.807) is 0 Å². The van der Waals surface area contributed by atoms with Crippen molar-refractivity contribution in [3.8, 4) is 0 Å². The highest BCUT2D eigenvalue weighted by molar-refractivity contribution is 5.73. The van der Waals surface area contributed by atoms with Gasteiger partial charge in [0.1, 0.15) is 6.04 Å². The third-order valence-corrected chi connectivity index (χ3v) is 5.82. The molecule has 1 aromatic rings. The minimum Gasteiger partial charge on any atom is -0.480 e. The van der Waals surface area contributed by atoms with Crippen molar-refractivity contribution in [2.75, 3.05) is 13.1 Å². The molecule has 1 aromatic heterocycles. The molecule has 1 aliphatic carbocycles. The summed E-state index contributed by atoms with van der Waals surface area (Å²) in [7, 11) is 0. The highest BCUT2D eigenvalue weighted by Crippen LogP contribution is 2.27. The number of hydrogen-bond donors (Lipinski definition) is 2. The highest BCUT2D eigenvalue weighted by Gasteiger charge is 2.31. The van der Waals surface area contributed by atoms with Crippen molar-refractivity contribution < 1.29 is 9.90 Å². The van der Waals surface area contributed by atoms with Crippen LogP contribution >= 0.6 is 0 Å². The maximum Gasteiger partial charge on any atom is 0.321 e. The van der Waals surface area contributed by atoms with Crippen molar-refractivity contribution in [3.05, 3.63) is 18.2 Å². The molecule has 6 nitrogen and oxygen atoms in total. The van der Waals surface area contributed by atoms with Gasteiger partial charge in [-0.05, 0) is 25.2 Å². The summed E-state index contributed by atoms with van der Waals surface area (Å²) in [6, 6.07) is -0.418. The van der Waals surface area contributed by atoms with Crippen molar-refractivity contribution in [2.24, 2.45) is 11.7 Å². The molecule has 0 unspecified atom stereocenters. The van der Waals surface area contributed by atoms with Gasteiger partial charge in [-0.15, -0.1) is 0 Å². The second-order valence-electron chi connectivity index (χ2n) is 7.85. The molecule has 2 heterocycles. The smallest absolute Gasteiger partial charge is 0.321 e. The normalized spacial score (nSPS) is 23.8. The molecule has 140 valence electrons. The van der Waals surface area contributed by atoms with E-state index in [-0.39, 0.29) is 6.04 Å². The summed E-state index contributed by atoms with van der Waals surface area (Å²) in [6.07, 6.45) is 14.7. The second kappa shape index (κ2) is 8.81. The molecular formula is C19H32N4O2. The van der Waals surface area contributed by atoms with E-state index in [1.807, 2.05) is 17.4 Å². The maximum atomic E-state index is 11.6.